The van der Waals surface area contributed by atoms with Gasteiger partial charge in [0.1, 0.15) is 0 Å². The zero-order chi connectivity index (χ0) is 7.70. The van der Waals surface area contributed by atoms with E-state index >= 15 is 0 Å². The number of thiocarbonyl (C=S) groups is 1. The van der Waals surface area contributed by atoms with Gasteiger partial charge in [0.15, 0.2) is 0 Å². The first kappa shape index (κ1) is 17.4. The maximum absolute atomic E-state index is 7.32. The molecule has 0 saturated carbocycles. The van der Waals surface area contributed by atoms with Crippen LogP contribution in [0.15, 0.2) is 0 Å². The third kappa shape index (κ3) is 34.9. The van der Waals surface area contributed by atoms with Gasteiger partial charge in [-0.05, 0) is 6.92 Å². The molecule has 0 aromatic heterocycles. The van der Waals surface area contributed by atoms with Gasteiger partial charge in [-0.25, -0.2) is 0 Å². The van der Waals surface area contributed by atoms with Crippen molar-refractivity contribution in [2.24, 2.45) is 0 Å². The molecule has 0 N–H and O–H groups in total. The van der Waals surface area contributed by atoms with Crippen molar-refractivity contribution < 1.29 is 56.1 Å². The molecule has 0 aliphatic carbocycles. The van der Waals surface area contributed by atoms with Crippen molar-refractivity contribution in [1.82, 2.24) is 0 Å². The second-order valence-electron chi connectivity index (χ2n) is 0.907. The van der Waals surface area contributed by atoms with Crippen LogP contribution in [0.5, 0.6) is 0 Å². The van der Waals surface area contributed by atoms with E-state index in [9.17, 15) is 0 Å². The summed E-state index contributed by atoms with van der Waals surface area (Å²) in [7, 11) is 0. The Bertz CT molecular complexity index is 113. The molecular formula is C5H8KNOS2. The maximum atomic E-state index is 7.32. The summed E-state index contributed by atoms with van der Waals surface area (Å²) in [5.74, 6) is 0. The summed E-state index contributed by atoms with van der Waals surface area (Å²) in [4.78, 5) is 0. The van der Waals surface area contributed by atoms with Crippen LogP contribution in [-0.4, -0.2) is 11.0 Å². The molecule has 0 atom stereocenters. The molecule has 0 unspecified atom stereocenters. The van der Waals surface area contributed by atoms with Crippen molar-refractivity contribution in [2.75, 3.05) is 6.61 Å². The molecule has 0 aromatic carbocycles. The van der Waals surface area contributed by atoms with Crippen molar-refractivity contribution in [3.8, 4) is 6.07 Å². The first-order chi connectivity index (χ1) is 4.18. The minimum absolute atomic E-state index is 0. The fraction of sp³-hybridized carbons (Fsp3) is 0.600. The van der Waals surface area contributed by atoms with Crippen molar-refractivity contribution in [1.29, 1.82) is 5.26 Å². The number of nitriles is 1. The summed E-state index contributed by atoms with van der Waals surface area (Å²) in [6.45, 7) is 3.86. The summed E-state index contributed by atoms with van der Waals surface area (Å²) in [5, 5.41) is 7.32. The number of nitrogens with zero attached hydrogens (tertiary/aromatic N) is 1. The molecule has 5 heteroatoms. The van der Waals surface area contributed by atoms with E-state index in [0.717, 1.165) is 0 Å². The third-order valence-corrected chi connectivity index (χ3v) is 0.498. The molecule has 0 rings (SSSR count). The van der Waals surface area contributed by atoms with E-state index in [-0.39, 0.29) is 55.8 Å². The predicted molar refractivity (Wildman–Crippen MR) is 42.9 cm³/mol. The van der Waals surface area contributed by atoms with Gasteiger partial charge in [0.25, 0.3) is 0 Å². The molecule has 0 bridgehead atoms. The van der Waals surface area contributed by atoms with Crippen LogP contribution in [0.2, 0.25) is 0 Å². The number of hydrogen-bond acceptors (Lipinski definition) is 4. The predicted octanol–water partition coefficient (Wildman–Crippen LogP) is -1.61. The normalized spacial score (nSPS) is 5.30. The van der Waals surface area contributed by atoms with Crippen molar-refractivity contribution in [3.05, 3.63) is 0 Å². The smallest absolute Gasteiger partial charge is 0.514 e. The average Bonchev–Trinajstić information content (AvgIpc) is 1.67. The molecular weight excluding hydrogens is 193 g/mol. The summed E-state index contributed by atoms with van der Waals surface area (Å²) >= 11 is 8.77. The van der Waals surface area contributed by atoms with Crippen LogP contribution < -0.4 is 51.4 Å². The second kappa shape index (κ2) is 16.7. The van der Waals surface area contributed by atoms with E-state index in [1.807, 2.05) is 6.92 Å². The second-order valence-corrected chi connectivity index (χ2v) is 1.91. The number of ether oxygens (including phenoxy) is 1. The zero-order valence-corrected chi connectivity index (χ0v) is 11.1. The molecule has 0 heterocycles. The minimum Gasteiger partial charge on any atom is -0.514 e. The van der Waals surface area contributed by atoms with Crippen LogP contribution in [-0.2, 0) is 17.4 Å². The first-order valence-corrected chi connectivity index (χ1v) is 3.15. The van der Waals surface area contributed by atoms with E-state index in [4.69, 9.17) is 5.26 Å². The van der Waals surface area contributed by atoms with Crippen LogP contribution >= 0.6 is 12.2 Å². The Balaban J connectivity index is -0.000000107. The molecule has 0 aliphatic rings. The Morgan fingerprint density at radius 3 is 2.10 bits per heavy atom. The monoisotopic (exact) mass is 201 g/mol. The summed E-state index contributed by atoms with van der Waals surface area (Å²) in [6.07, 6.45) is 0. The molecule has 0 spiro atoms. The fourth-order valence-corrected chi connectivity index (χ4v) is 0.354. The first-order valence-electron chi connectivity index (χ1n) is 2.33. The molecule has 0 saturated heterocycles. The zero-order valence-electron chi connectivity index (χ0n) is 6.38. The van der Waals surface area contributed by atoms with Gasteiger partial charge in [-0.15, -0.1) is 0 Å². The van der Waals surface area contributed by atoms with Gasteiger partial charge >= 0.3 is 51.4 Å². The van der Waals surface area contributed by atoms with E-state index in [2.05, 4.69) is 29.6 Å². The Labute approximate surface area is 115 Å². The van der Waals surface area contributed by atoms with E-state index in [1.165, 1.54) is 6.92 Å². The van der Waals surface area contributed by atoms with Gasteiger partial charge in [-0.2, -0.15) is 5.26 Å². The van der Waals surface area contributed by atoms with Crippen LogP contribution in [0.25, 0.3) is 0 Å². The van der Waals surface area contributed by atoms with E-state index < -0.39 is 0 Å². The SMILES string of the molecule is CC#N.CCOC(=S)[S-].[K+]. The van der Waals surface area contributed by atoms with Crippen LogP contribution in [0.3, 0.4) is 0 Å². The molecule has 0 radical (unpaired) electrons. The largest absolute Gasteiger partial charge is 1.00 e. The van der Waals surface area contributed by atoms with Gasteiger partial charge in [0.2, 0.25) is 0 Å². The molecule has 2 nitrogen and oxygen atoms in total. The Hall–Kier alpha value is 1.24. The minimum atomic E-state index is 0. The van der Waals surface area contributed by atoms with Crippen LogP contribution in [0, 0.1) is 11.3 Å². The molecule has 10 heavy (non-hydrogen) atoms. The van der Waals surface area contributed by atoms with E-state index in [0.29, 0.717) is 6.61 Å². The molecule has 52 valence electrons. The van der Waals surface area contributed by atoms with Gasteiger partial charge in [0, 0.05) is 11.3 Å². The average molecular weight is 201 g/mol. The van der Waals surface area contributed by atoms with Gasteiger partial charge < -0.3 is 29.6 Å². The van der Waals surface area contributed by atoms with Crippen LogP contribution in [0.1, 0.15) is 13.8 Å². The van der Waals surface area contributed by atoms with Crippen molar-refractivity contribution in [3.63, 3.8) is 0 Å². The van der Waals surface area contributed by atoms with E-state index in [1.54, 1.807) is 6.07 Å². The van der Waals surface area contributed by atoms with Gasteiger partial charge in [0.05, 0.1) is 12.7 Å². The third-order valence-electron chi connectivity index (χ3n) is 0.262. The summed E-state index contributed by atoms with van der Waals surface area (Å²) < 4.78 is 4.79. The Morgan fingerprint density at radius 1 is 1.80 bits per heavy atom. The molecule has 0 aromatic rings. The van der Waals surface area contributed by atoms with Crippen molar-refractivity contribution in [2.45, 2.75) is 13.8 Å². The molecule has 0 amide bonds. The fourth-order valence-electron chi connectivity index (χ4n) is 0.118. The summed E-state index contributed by atoms with van der Waals surface area (Å²) in [5.41, 5.74) is 0. The van der Waals surface area contributed by atoms with Gasteiger partial charge in [-0.3, -0.25) is 0 Å². The quantitative estimate of drug-likeness (QED) is 0.290. The van der Waals surface area contributed by atoms with Crippen molar-refractivity contribution >= 4 is 29.2 Å². The topological polar surface area (TPSA) is 33.0 Å². The maximum Gasteiger partial charge on any atom is 1.00 e. The van der Waals surface area contributed by atoms with Crippen LogP contribution in [0.4, 0.5) is 0 Å². The number of rotatable bonds is 1. The molecule has 0 aliphatic heterocycles. The Kier molecular flexibility index (Phi) is 28.9. The Morgan fingerprint density at radius 2 is 2.10 bits per heavy atom. The number of hydrogen-bond donors (Lipinski definition) is 0. The standard InChI is InChI=1S/C3H6OS2.C2H3N.K/c1-2-4-3(5)6;1-2-3;/h2H2,1H3,(H,5,6);1H3;/q;;+1/p-1. The summed E-state index contributed by atoms with van der Waals surface area (Å²) in [6, 6.07) is 1.75. The molecule has 0 fully saturated rings. The van der Waals surface area contributed by atoms with Gasteiger partial charge in [-0.1, -0.05) is 0 Å².